The average molecular weight is 552 g/mol. The Kier molecular flexibility index (Phi) is 10.9. The second-order valence-corrected chi connectivity index (χ2v) is 11.2. The van der Waals surface area contributed by atoms with E-state index < -0.39 is 28.5 Å². The second kappa shape index (κ2) is 14.3. The molecule has 3 rings (SSSR count). The van der Waals surface area contributed by atoms with Crippen molar-refractivity contribution in [1.82, 2.24) is 10.2 Å². The number of carbonyl (C=O) groups excluding carboxylic acids is 2. The number of carbonyl (C=O) groups is 2. The van der Waals surface area contributed by atoms with Crippen molar-refractivity contribution < 1.29 is 22.7 Å². The Morgan fingerprint density at radius 1 is 0.923 bits per heavy atom. The average Bonchev–Trinajstić information content (AvgIpc) is 2.94. The fraction of sp³-hybridized carbons (Fsp3) is 0.333. The normalized spacial score (nSPS) is 11.9. The number of rotatable bonds is 14. The number of methoxy groups -OCH3 is 1. The number of sulfonamides is 1. The predicted octanol–water partition coefficient (Wildman–Crippen LogP) is 4.02. The van der Waals surface area contributed by atoms with E-state index in [-0.39, 0.29) is 18.9 Å². The van der Waals surface area contributed by atoms with Crippen LogP contribution in [0.3, 0.4) is 0 Å². The minimum absolute atomic E-state index is 0.147. The molecule has 0 fully saturated rings. The van der Waals surface area contributed by atoms with Crippen LogP contribution in [0.1, 0.15) is 30.9 Å². The van der Waals surface area contributed by atoms with E-state index in [1.807, 2.05) is 67.6 Å². The quantitative estimate of drug-likeness (QED) is 0.306. The number of nitrogens with one attached hydrogen (secondary N) is 1. The van der Waals surface area contributed by atoms with Gasteiger partial charge in [0.25, 0.3) is 0 Å². The van der Waals surface area contributed by atoms with Crippen molar-refractivity contribution >= 4 is 27.5 Å². The Labute approximate surface area is 231 Å². The molecule has 0 heterocycles. The summed E-state index contributed by atoms with van der Waals surface area (Å²) < 4.78 is 32.0. The van der Waals surface area contributed by atoms with Crippen molar-refractivity contribution in [1.29, 1.82) is 0 Å². The van der Waals surface area contributed by atoms with Crippen LogP contribution in [0.4, 0.5) is 5.69 Å². The number of benzene rings is 3. The summed E-state index contributed by atoms with van der Waals surface area (Å²) in [5.74, 6) is -0.297. The number of unbranched alkanes of at least 4 members (excludes halogenated alkanes) is 1. The first kappa shape index (κ1) is 29.7. The molecule has 0 saturated carbocycles. The van der Waals surface area contributed by atoms with Crippen LogP contribution in [-0.4, -0.2) is 57.6 Å². The van der Waals surface area contributed by atoms with Gasteiger partial charge in [-0.05, 0) is 29.7 Å². The molecule has 0 spiro atoms. The maximum Gasteiger partial charge on any atom is 0.244 e. The van der Waals surface area contributed by atoms with E-state index in [9.17, 15) is 18.0 Å². The molecule has 0 aliphatic rings. The van der Waals surface area contributed by atoms with Gasteiger partial charge in [-0.2, -0.15) is 0 Å². The van der Waals surface area contributed by atoms with Crippen LogP contribution in [0.25, 0.3) is 0 Å². The molecule has 39 heavy (non-hydrogen) atoms. The Bertz CT molecular complexity index is 1320. The molecule has 208 valence electrons. The van der Waals surface area contributed by atoms with E-state index in [0.717, 1.165) is 34.5 Å². The number of ether oxygens (including phenoxy) is 1. The Balaban J connectivity index is 2.01. The molecule has 1 atom stereocenters. The lowest BCUT2D eigenvalue weighted by molar-refractivity contribution is -0.140. The summed E-state index contributed by atoms with van der Waals surface area (Å²) in [5.41, 5.74) is 2.03. The molecular weight excluding hydrogens is 514 g/mol. The summed E-state index contributed by atoms with van der Waals surface area (Å²) >= 11 is 0. The van der Waals surface area contributed by atoms with Gasteiger partial charge < -0.3 is 15.0 Å². The zero-order valence-electron chi connectivity index (χ0n) is 22.7. The lowest BCUT2D eigenvalue weighted by Crippen LogP contribution is -2.53. The van der Waals surface area contributed by atoms with Crippen molar-refractivity contribution in [3.8, 4) is 5.75 Å². The highest BCUT2D eigenvalue weighted by molar-refractivity contribution is 7.92. The molecule has 0 unspecified atom stereocenters. The van der Waals surface area contributed by atoms with Gasteiger partial charge in [0.05, 0.1) is 19.1 Å². The van der Waals surface area contributed by atoms with Crippen molar-refractivity contribution in [2.24, 2.45) is 0 Å². The molecule has 0 radical (unpaired) electrons. The standard InChI is InChI=1S/C30H37N3O5S/c1-4-5-19-31-30(35)28(20-24-13-8-6-9-14-24)32(22-25-15-10-7-11-16-25)29(34)23-33(39(3,36)37)26-17-12-18-27(21-26)38-2/h6-18,21,28H,4-5,19-20,22-23H2,1-3H3,(H,31,35)/t28-/m0/s1. The highest BCUT2D eigenvalue weighted by Crippen LogP contribution is 2.24. The Morgan fingerprint density at radius 2 is 1.56 bits per heavy atom. The number of amides is 2. The van der Waals surface area contributed by atoms with Gasteiger partial charge in [-0.1, -0.05) is 80.1 Å². The SMILES string of the molecule is CCCCNC(=O)[C@H](Cc1ccccc1)N(Cc1ccccc1)C(=O)CN(c1cccc(OC)c1)S(C)(=O)=O. The maximum atomic E-state index is 14.0. The van der Waals surface area contributed by atoms with Crippen molar-refractivity contribution in [3.63, 3.8) is 0 Å². The lowest BCUT2D eigenvalue weighted by atomic mass is 10.0. The summed E-state index contributed by atoms with van der Waals surface area (Å²) in [6.45, 7) is 2.21. The third-order valence-electron chi connectivity index (χ3n) is 6.32. The summed E-state index contributed by atoms with van der Waals surface area (Å²) in [7, 11) is -2.35. The molecule has 0 saturated heterocycles. The van der Waals surface area contributed by atoms with Crippen molar-refractivity contribution in [2.75, 3.05) is 30.8 Å². The first-order valence-corrected chi connectivity index (χ1v) is 14.8. The molecule has 0 bridgehead atoms. The van der Waals surface area contributed by atoms with Gasteiger partial charge in [0, 0.05) is 25.6 Å². The van der Waals surface area contributed by atoms with Gasteiger partial charge in [0.15, 0.2) is 0 Å². The topological polar surface area (TPSA) is 96.0 Å². The number of hydrogen-bond donors (Lipinski definition) is 1. The molecule has 8 nitrogen and oxygen atoms in total. The van der Waals surface area contributed by atoms with E-state index in [2.05, 4.69) is 5.32 Å². The van der Waals surface area contributed by atoms with Gasteiger partial charge in [0.1, 0.15) is 18.3 Å². The van der Waals surface area contributed by atoms with E-state index in [1.54, 1.807) is 24.3 Å². The summed E-state index contributed by atoms with van der Waals surface area (Å²) in [4.78, 5) is 29.0. The lowest BCUT2D eigenvalue weighted by Gasteiger charge is -2.33. The molecule has 1 N–H and O–H groups in total. The fourth-order valence-electron chi connectivity index (χ4n) is 4.22. The van der Waals surface area contributed by atoms with Crippen molar-refractivity contribution in [2.45, 2.75) is 38.8 Å². The zero-order chi connectivity index (χ0) is 28.3. The third-order valence-corrected chi connectivity index (χ3v) is 7.46. The Morgan fingerprint density at radius 3 is 2.15 bits per heavy atom. The highest BCUT2D eigenvalue weighted by atomic mass is 32.2. The number of hydrogen-bond acceptors (Lipinski definition) is 5. The van der Waals surface area contributed by atoms with Crippen LogP contribution in [0.15, 0.2) is 84.9 Å². The first-order valence-electron chi connectivity index (χ1n) is 13.0. The molecule has 0 aliphatic heterocycles. The largest absolute Gasteiger partial charge is 0.497 e. The van der Waals surface area contributed by atoms with Crippen LogP contribution in [0.5, 0.6) is 5.75 Å². The van der Waals surface area contributed by atoms with Gasteiger partial charge in [-0.15, -0.1) is 0 Å². The molecule has 0 aliphatic carbocycles. The molecule has 0 aromatic heterocycles. The summed E-state index contributed by atoms with van der Waals surface area (Å²) in [5, 5.41) is 2.97. The van der Waals surface area contributed by atoms with E-state index in [0.29, 0.717) is 18.0 Å². The Hall–Kier alpha value is -3.85. The van der Waals surface area contributed by atoms with Crippen LogP contribution in [-0.2, 0) is 32.6 Å². The van der Waals surface area contributed by atoms with Crippen molar-refractivity contribution in [3.05, 3.63) is 96.1 Å². The molecule has 9 heteroatoms. The third kappa shape index (κ3) is 8.85. The second-order valence-electron chi connectivity index (χ2n) is 9.33. The molecule has 3 aromatic rings. The minimum Gasteiger partial charge on any atom is -0.497 e. The summed E-state index contributed by atoms with van der Waals surface area (Å²) in [6, 6.07) is 24.6. The predicted molar refractivity (Wildman–Crippen MR) is 154 cm³/mol. The van der Waals surface area contributed by atoms with Crippen LogP contribution in [0.2, 0.25) is 0 Å². The van der Waals surface area contributed by atoms with Crippen LogP contribution >= 0.6 is 0 Å². The summed E-state index contributed by atoms with van der Waals surface area (Å²) in [6.07, 6.45) is 3.07. The first-order chi connectivity index (χ1) is 18.7. The number of anilines is 1. The van der Waals surface area contributed by atoms with E-state index in [4.69, 9.17) is 4.74 Å². The van der Waals surface area contributed by atoms with Gasteiger partial charge >= 0.3 is 0 Å². The highest BCUT2D eigenvalue weighted by Gasteiger charge is 2.33. The maximum absolute atomic E-state index is 14.0. The number of nitrogens with zero attached hydrogens (tertiary/aromatic N) is 2. The van der Waals surface area contributed by atoms with Gasteiger partial charge in [-0.3, -0.25) is 13.9 Å². The molecule has 3 aromatic carbocycles. The zero-order valence-corrected chi connectivity index (χ0v) is 23.6. The van der Waals surface area contributed by atoms with Crippen LogP contribution in [0, 0.1) is 0 Å². The molecular formula is C30H37N3O5S. The monoisotopic (exact) mass is 551 g/mol. The van der Waals surface area contributed by atoms with Crippen LogP contribution < -0.4 is 14.4 Å². The van der Waals surface area contributed by atoms with E-state index >= 15 is 0 Å². The van der Waals surface area contributed by atoms with E-state index in [1.165, 1.54) is 12.0 Å². The van der Waals surface area contributed by atoms with Gasteiger partial charge in [-0.25, -0.2) is 8.42 Å². The minimum atomic E-state index is -3.84. The van der Waals surface area contributed by atoms with Gasteiger partial charge in [0.2, 0.25) is 21.8 Å². The molecule has 2 amide bonds. The fourth-order valence-corrected chi connectivity index (χ4v) is 5.06. The smallest absolute Gasteiger partial charge is 0.244 e.